The first kappa shape index (κ1) is 14.4. The number of carbonyl (C=O) groups excluding carboxylic acids is 1. The first-order chi connectivity index (χ1) is 9.56. The quantitative estimate of drug-likeness (QED) is 0.811. The van der Waals surface area contributed by atoms with Crippen molar-refractivity contribution in [3.05, 3.63) is 52.9 Å². The standard InChI is InChI=1S/C14H15ClN2O3/c1-9-7-10(15)4-5-11(9)17-14(19)16-8-12(18)13-3-2-6-20-13/h2-7,12,18H,8H2,1H3,(H2,16,17,19). The summed E-state index contributed by atoms with van der Waals surface area (Å²) < 4.78 is 5.04. The Morgan fingerprint density at radius 2 is 2.25 bits per heavy atom. The number of anilines is 1. The molecule has 2 amide bonds. The van der Waals surface area contributed by atoms with E-state index in [1.807, 2.05) is 6.92 Å². The highest BCUT2D eigenvalue weighted by Crippen LogP contribution is 2.19. The van der Waals surface area contributed by atoms with E-state index >= 15 is 0 Å². The van der Waals surface area contributed by atoms with E-state index in [9.17, 15) is 9.90 Å². The predicted octanol–water partition coefficient (Wildman–Crippen LogP) is 3.10. The molecule has 5 nitrogen and oxygen atoms in total. The first-order valence-corrected chi connectivity index (χ1v) is 6.46. The molecule has 2 rings (SSSR count). The minimum Gasteiger partial charge on any atom is -0.467 e. The number of rotatable bonds is 4. The fourth-order valence-electron chi connectivity index (χ4n) is 1.70. The Hall–Kier alpha value is -1.98. The normalized spacial score (nSPS) is 11.9. The summed E-state index contributed by atoms with van der Waals surface area (Å²) in [4.78, 5) is 11.7. The fourth-order valence-corrected chi connectivity index (χ4v) is 1.93. The van der Waals surface area contributed by atoms with E-state index < -0.39 is 12.1 Å². The summed E-state index contributed by atoms with van der Waals surface area (Å²) in [6, 6.07) is 8.10. The van der Waals surface area contributed by atoms with E-state index in [-0.39, 0.29) is 6.54 Å². The Balaban J connectivity index is 1.86. The largest absolute Gasteiger partial charge is 0.467 e. The molecule has 0 fully saturated rings. The fraction of sp³-hybridized carbons (Fsp3) is 0.214. The third kappa shape index (κ3) is 3.76. The zero-order valence-corrected chi connectivity index (χ0v) is 11.6. The summed E-state index contributed by atoms with van der Waals surface area (Å²) in [6.45, 7) is 1.91. The lowest BCUT2D eigenvalue weighted by atomic mass is 10.2. The molecule has 106 valence electrons. The van der Waals surface area contributed by atoms with Crippen LogP contribution in [0.1, 0.15) is 17.4 Å². The van der Waals surface area contributed by atoms with Gasteiger partial charge in [0.15, 0.2) is 0 Å². The van der Waals surface area contributed by atoms with Crippen molar-refractivity contribution in [3.63, 3.8) is 0 Å². The van der Waals surface area contributed by atoms with Crippen molar-refractivity contribution in [3.8, 4) is 0 Å². The van der Waals surface area contributed by atoms with Crippen LogP contribution in [0.15, 0.2) is 41.0 Å². The van der Waals surface area contributed by atoms with Crippen molar-refractivity contribution in [1.82, 2.24) is 5.32 Å². The first-order valence-electron chi connectivity index (χ1n) is 6.08. The molecule has 0 saturated heterocycles. The van der Waals surface area contributed by atoms with Crippen LogP contribution in [0.2, 0.25) is 5.02 Å². The van der Waals surface area contributed by atoms with E-state index in [1.54, 1.807) is 30.3 Å². The van der Waals surface area contributed by atoms with Gasteiger partial charge in [-0.05, 0) is 42.8 Å². The SMILES string of the molecule is Cc1cc(Cl)ccc1NC(=O)NCC(O)c1ccco1. The molecule has 0 radical (unpaired) electrons. The number of halogens is 1. The summed E-state index contributed by atoms with van der Waals surface area (Å²) in [6.07, 6.45) is 0.595. The van der Waals surface area contributed by atoms with Crippen molar-refractivity contribution in [2.45, 2.75) is 13.0 Å². The number of aryl methyl sites for hydroxylation is 1. The highest BCUT2D eigenvalue weighted by atomic mass is 35.5. The van der Waals surface area contributed by atoms with Crippen LogP contribution < -0.4 is 10.6 Å². The Bertz CT molecular complexity index is 584. The molecule has 1 heterocycles. The Labute approximate surface area is 121 Å². The van der Waals surface area contributed by atoms with Crippen LogP contribution in [-0.2, 0) is 0 Å². The number of hydrogen-bond acceptors (Lipinski definition) is 3. The third-order valence-electron chi connectivity index (χ3n) is 2.76. The molecule has 1 atom stereocenters. The predicted molar refractivity (Wildman–Crippen MR) is 76.9 cm³/mol. The van der Waals surface area contributed by atoms with Crippen molar-refractivity contribution < 1.29 is 14.3 Å². The van der Waals surface area contributed by atoms with Crippen molar-refractivity contribution in [2.75, 3.05) is 11.9 Å². The summed E-state index contributed by atoms with van der Waals surface area (Å²) in [5, 5.41) is 15.6. The number of furan rings is 1. The van der Waals surface area contributed by atoms with Crippen LogP contribution in [0.4, 0.5) is 10.5 Å². The maximum Gasteiger partial charge on any atom is 0.319 e. The molecule has 0 saturated carbocycles. The second-order valence-electron chi connectivity index (χ2n) is 4.33. The van der Waals surface area contributed by atoms with Crippen LogP contribution in [0.5, 0.6) is 0 Å². The minimum atomic E-state index is -0.873. The average Bonchev–Trinajstić information content (AvgIpc) is 2.93. The number of carbonyl (C=O) groups is 1. The summed E-state index contributed by atoms with van der Waals surface area (Å²) in [7, 11) is 0. The third-order valence-corrected chi connectivity index (χ3v) is 3.00. The van der Waals surface area contributed by atoms with Gasteiger partial charge in [0.25, 0.3) is 0 Å². The van der Waals surface area contributed by atoms with Crippen LogP contribution >= 0.6 is 11.6 Å². The number of aliphatic hydroxyl groups is 1. The maximum absolute atomic E-state index is 11.7. The van der Waals surface area contributed by atoms with Crippen LogP contribution in [0, 0.1) is 6.92 Å². The van der Waals surface area contributed by atoms with Crippen molar-refractivity contribution in [2.24, 2.45) is 0 Å². The zero-order valence-electron chi connectivity index (χ0n) is 10.9. The van der Waals surface area contributed by atoms with Gasteiger partial charge >= 0.3 is 6.03 Å². The Kier molecular flexibility index (Phi) is 4.65. The highest BCUT2D eigenvalue weighted by Gasteiger charge is 2.12. The van der Waals surface area contributed by atoms with Crippen LogP contribution in [0.3, 0.4) is 0 Å². The molecule has 1 aromatic carbocycles. The lowest BCUT2D eigenvalue weighted by Crippen LogP contribution is -2.32. The van der Waals surface area contributed by atoms with Crippen LogP contribution in [0.25, 0.3) is 0 Å². The second-order valence-corrected chi connectivity index (χ2v) is 4.76. The van der Waals surface area contributed by atoms with Crippen LogP contribution in [-0.4, -0.2) is 17.7 Å². The summed E-state index contributed by atoms with van der Waals surface area (Å²) in [5.41, 5.74) is 1.53. The molecule has 0 aliphatic rings. The molecule has 0 aliphatic heterocycles. The Morgan fingerprint density at radius 3 is 2.90 bits per heavy atom. The van der Waals surface area contributed by atoms with Gasteiger partial charge in [0.1, 0.15) is 11.9 Å². The van der Waals surface area contributed by atoms with Gasteiger partial charge in [-0.3, -0.25) is 0 Å². The molecule has 3 N–H and O–H groups in total. The van der Waals surface area contributed by atoms with Gasteiger partial charge < -0.3 is 20.2 Å². The molecular weight excluding hydrogens is 280 g/mol. The number of hydrogen-bond donors (Lipinski definition) is 3. The van der Waals surface area contributed by atoms with E-state index in [0.29, 0.717) is 16.5 Å². The lowest BCUT2D eigenvalue weighted by Gasteiger charge is -2.12. The van der Waals surface area contributed by atoms with Gasteiger partial charge in [-0.15, -0.1) is 0 Å². The average molecular weight is 295 g/mol. The number of aliphatic hydroxyl groups excluding tert-OH is 1. The molecule has 6 heteroatoms. The topological polar surface area (TPSA) is 74.5 Å². The highest BCUT2D eigenvalue weighted by molar-refractivity contribution is 6.30. The van der Waals surface area contributed by atoms with E-state index in [0.717, 1.165) is 5.56 Å². The summed E-state index contributed by atoms with van der Waals surface area (Å²) >= 11 is 5.84. The van der Waals surface area contributed by atoms with Gasteiger partial charge in [-0.2, -0.15) is 0 Å². The molecule has 0 aliphatic carbocycles. The van der Waals surface area contributed by atoms with Crippen molar-refractivity contribution in [1.29, 1.82) is 0 Å². The van der Waals surface area contributed by atoms with Crippen molar-refractivity contribution >= 4 is 23.3 Å². The monoisotopic (exact) mass is 294 g/mol. The molecule has 1 unspecified atom stereocenters. The smallest absolute Gasteiger partial charge is 0.319 e. The van der Waals surface area contributed by atoms with Gasteiger partial charge in [0.05, 0.1) is 12.8 Å². The van der Waals surface area contributed by atoms with Gasteiger partial charge in [0.2, 0.25) is 0 Å². The molecule has 20 heavy (non-hydrogen) atoms. The maximum atomic E-state index is 11.7. The lowest BCUT2D eigenvalue weighted by molar-refractivity contribution is 0.149. The number of urea groups is 1. The molecular formula is C14H15ClN2O3. The van der Waals surface area contributed by atoms with Gasteiger partial charge in [-0.1, -0.05) is 11.6 Å². The van der Waals surface area contributed by atoms with Gasteiger partial charge in [-0.25, -0.2) is 4.79 Å². The zero-order chi connectivity index (χ0) is 14.5. The second kappa shape index (κ2) is 6.45. The Morgan fingerprint density at radius 1 is 1.45 bits per heavy atom. The molecule has 0 bridgehead atoms. The molecule has 0 spiro atoms. The molecule has 1 aromatic heterocycles. The summed E-state index contributed by atoms with van der Waals surface area (Å²) in [5.74, 6) is 0.410. The van der Waals surface area contributed by atoms with E-state index in [1.165, 1.54) is 6.26 Å². The molecule has 2 aromatic rings. The minimum absolute atomic E-state index is 0.0615. The number of amides is 2. The number of nitrogens with one attached hydrogen (secondary N) is 2. The van der Waals surface area contributed by atoms with Gasteiger partial charge in [0, 0.05) is 10.7 Å². The van der Waals surface area contributed by atoms with E-state index in [4.69, 9.17) is 16.0 Å². The van der Waals surface area contributed by atoms with E-state index in [2.05, 4.69) is 10.6 Å². The number of benzene rings is 1.